The van der Waals surface area contributed by atoms with Crippen LogP contribution in [-0.4, -0.2) is 12.4 Å². The molecule has 15 heavy (non-hydrogen) atoms. The summed E-state index contributed by atoms with van der Waals surface area (Å²) in [5.41, 5.74) is 0.605. The van der Waals surface area contributed by atoms with Gasteiger partial charge < -0.3 is 4.74 Å². The van der Waals surface area contributed by atoms with Gasteiger partial charge in [0.05, 0.1) is 6.54 Å². The summed E-state index contributed by atoms with van der Waals surface area (Å²) < 4.78 is 38.9. The van der Waals surface area contributed by atoms with Crippen LogP contribution in [0.25, 0.3) is 0 Å². The maximum absolute atomic E-state index is 11.8. The molecule has 0 bridgehead atoms. The van der Waals surface area contributed by atoms with Crippen molar-refractivity contribution in [2.75, 3.05) is 0 Å². The summed E-state index contributed by atoms with van der Waals surface area (Å²) in [5, 5.41) is 0. The number of nitrogens with zero attached hydrogens (tertiary/aromatic N) is 1. The zero-order valence-electron chi connectivity index (χ0n) is 7.41. The highest BCUT2D eigenvalue weighted by Gasteiger charge is 2.30. The lowest BCUT2D eigenvalue weighted by Crippen LogP contribution is -2.16. The number of carbonyl (C=O) groups excluding carboxylic acids is 1. The highest BCUT2D eigenvalue weighted by Crippen LogP contribution is 2.22. The Bertz CT molecular complexity index is 366. The van der Waals surface area contributed by atoms with Crippen molar-refractivity contribution in [3.8, 4) is 5.75 Å². The van der Waals surface area contributed by atoms with Crippen molar-refractivity contribution >= 4 is 6.08 Å². The third-order valence-electron chi connectivity index (χ3n) is 1.48. The van der Waals surface area contributed by atoms with Crippen LogP contribution in [0.5, 0.6) is 5.75 Å². The van der Waals surface area contributed by atoms with Gasteiger partial charge in [-0.25, -0.2) is 9.79 Å². The van der Waals surface area contributed by atoms with Crippen LogP contribution in [0.4, 0.5) is 13.2 Å². The topological polar surface area (TPSA) is 38.7 Å². The highest BCUT2D eigenvalue weighted by molar-refractivity contribution is 5.34. The van der Waals surface area contributed by atoms with E-state index in [-0.39, 0.29) is 12.3 Å². The van der Waals surface area contributed by atoms with Crippen LogP contribution in [0.3, 0.4) is 0 Å². The van der Waals surface area contributed by atoms with Crippen LogP contribution in [0.2, 0.25) is 0 Å². The number of benzene rings is 1. The molecule has 0 heterocycles. The van der Waals surface area contributed by atoms with E-state index < -0.39 is 6.36 Å². The maximum Gasteiger partial charge on any atom is 0.573 e. The molecule has 1 aromatic rings. The molecule has 0 saturated heterocycles. The summed E-state index contributed by atoms with van der Waals surface area (Å²) in [6.45, 7) is 0.0931. The van der Waals surface area contributed by atoms with Crippen molar-refractivity contribution in [3.05, 3.63) is 29.8 Å². The van der Waals surface area contributed by atoms with E-state index in [2.05, 4.69) is 9.73 Å². The molecule has 1 aromatic carbocycles. The van der Waals surface area contributed by atoms with Crippen LogP contribution >= 0.6 is 0 Å². The molecule has 0 fully saturated rings. The van der Waals surface area contributed by atoms with Gasteiger partial charge >= 0.3 is 6.36 Å². The number of aliphatic imine (C=N–C) groups is 1. The second-order valence-corrected chi connectivity index (χ2v) is 2.60. The first-order chi connectivity index (χ1) is 7.01. The maximum atomic E-state index is 11.8. The van der Waals surface area contributed by atoms with E-state index >= 15 is 0 Å². The summed E-state index contributed by atoms with van der Waals surface area (Å²) >= 11 is 0. The molecule has 0 aliphatic heterocycles. The molecule has 0 aromatic heterocycles. The highest BCUT2D eigenvalue weighted by atomic mass is 19.4. The largest absolute Gasteiger partial charge is 0.573 e. The van der Waals surface area contributed by atoms with Gasteiger partial charge in [-0.05, 0) is 17.7 Å². The van der Waals surface area contributed by atoms with Gasteiger partial charge in [0.2, 0.25) is 6.08 Å². The summed E-state index contributed by atoms with van der Waals surface area (Å²) in [6, 6.07) is 5.09. The SMILES string of the molecule is O=C=NCc1ccc(OC(F)(F)F)cc1. The van der Waals surface area contributed by atoms with Crippen LogP contribution in [-0.2, 0) is 11.3 Å². The number of rotatable bonds is 3. The van der Waals surface area contributed by atoms with E-state index in [1.807, 2.05) is 0 Å². The van der Waals surface area contributed by atoms with Gasteiger partial charge in [-0.2, -0.15) is 0 Å². The van der Waals surface area contributed by atoms with Crippen molar-refractivity contribution in [3.63, 3.8) is 0 Å². The number of halogens is 3. The van der Waals surface area contributed by atoms with Crippen molar-refractivity contribution in [2.45, 2.75) is 12.9 Å². The predicted octanol–water partition coefficient (Wildman–Crippen LogP) is 2.42. The lowest BCUT2D eigenvalue weighted by Gasteiger charge is -2.08. The summed E-state index contributed by atoms with van der Waals surface area (Å²) in [6.07, 6.45) is -3.36. The molecule has 80 valence electrons. The Hall–Kier alpha value is -1.81. The zero-order valence-corrected chi connectivity index (χ0v) is 7.41. The van der Waals surface area contributed by atoms with Crippen LogP contribution < -0.4 is 4.74 Å². The van der Waals surface area contributed by atoms with E-state index in [1.165, 1.54) is 18.2 Å². The molecule has 0 aliphatic carbocycles. The van der Waals surface area contributed by atoms with Crippen molar-refractivity contribution < 1.29 is 22.7 Å². The standard InChI is InChI=1S/C9H6F3NO2/c10-9(11,12)15-8-3-1-7(2-4-8)5-13-6-14/h1-4H,5H2. The molecule has 6 heteroatoms. The van der Waals surface area contributed by atoms with E-state index in [0.717, 1.165) is 12.1 Å². The molecule has 0 atom stereocenters. The zero-order chi connectivity index (χ0) is 11.3. The molecule has 0 saturated carbocycles. The molecule has 1 rings (SSSR count). The fourth-order valence-corrected chi connectivity index (χ4v) is 0.920. The smallest absolute Gasteiger partial charge is 0.406 e. The number of alkyl halides is 3. The summed E-state index contributed by atoms with van der Waals surface area (Å²) in [4.78, 5) is 13.0. The molecular formula is C9H6F3NO2. The number of hydrogen-bond acceptors (Lipinski definition) is 3. The predicted molar refractivity (Wildman–Crippen MR) is 45.0 cm³/mol. The Morgan fingerprint density at radius 3 is 2.33 bits per heavy atom. The molecule has 0 aliphatic rings. The van der Waals surface area contributed by atoms with Gasteiger partial charge in [0.15, 0.2) is 0 Å². The molecule has 0 spiro atoms. The molecule has 0 amide bonds. The number of isocyanates is 1. The first-order valence-corrected chi connectivity index (χ1v) is 3.89. The number of hydrogen-bond donors (Lipinski definition) is 0. The van der Waals surface area contributed by atoms with Crippen molar-refractivity contribution in [1.29, 1.82) is 0 Å². The third-order valence-corrected chi connectivity index (χ3v) is 1.48. The third kappa shape index (κ3) is 4.28. The first kappa shape index (κ1) is 11.3. The van der Waals surface area contributed by atoms with Crippen molar-refractivity contribution in [1.82, 2.24) is 0 Å². The minimum Gasteiger partial charge on any atom is -0.406 e. The van der Waals surface area contributed by atoms with Crippen molar-refractivity contribution in [2.24, 2.45) is 4.99 Å². The summed E-state index contributed by atoms with van der Waals surface area (Å²) in [5.74, 6) is -0.304. The second kappa shape index (κ2) is 4.61. The average molecular weight is 217 g/mol. The Balaban J connectivity index is 2.68. The average Bonchev–Trinajstić information content (AvgIpc) is 2.14. The van der Waals surface area contributed by atoms with Gasteiger partial charge in [-0.1, -0.05) is 12.1 Å². The number of ether oxygens (including phenoxy) is 1. The van der Waals surface area contributed by atoms with Gasteiger partial charge in [0, 0.05) is 0 Å². The minimum absolute atomic E-state index is 0.0931. The summed E-state index contributed by atoms with van der Waals surface area (Å²) in [7, 11) is 0. The fourth-order valence-electron chi connectivity index (χ4n) is 0.920. The van der Waals surface area contributed by atoms with Crippen LogP contribution in [0, 0.1) is 0 Å². The molecule has 0 unspecified atom stereocenters. The Morgan fingerprint density at radius 2 is 1.87 bits per heavy atom. The van der Waals surface area contributed by atoms with Gasteiger partial charge in [0.25, 0.3) is 0 Å². The van der Waals surface area contributed by atoms with Crippen LogP contribution in [0.15, 0.2) is 29.3 Å². The second-order valence-electron chi connectivity index (χ2n) is 2.60. The molecular weight excluding hydrogens is 211 g/mol. The fraction of sp³-hybridized carbons (Fsp3) is 0.222. The lowest BCUT2D eigenvalue weighted by atomic mass is 10.2. The quantitative estimate of drug-likeness (QED) is 0.576. The van der Waals surface area contributed by atoms with E-state index in [0.29, 0.717) is 5.56 Å². The van der Waals surface area contributed by atoms with Gasteiger partial charge in [0.1, 0.15) is 5.75 Å². The lowest BCUT2D eigenvalue weighted by molar-refractivity contribution is -0.274. The van der Waals surface area contributed by atoms with E-state index in [9.17, 15) is 18.0 Å². The Labute approximate surface area is 83.2 Å². The Morgan fingerprint density at radius 1 is 1.27 bits per heavy atom. The molecule has 3 nitrogen and oxygen atoms in total. The van der Waals surface area contributed by atoms with E-state index in [4.69, 9.17) is 0 Å². The minimum atomic E-state index is -4.69. The van der Waals surface area contributed by atoms with Crippen LogP contribution in [0.1, 0.15) is 5.56 Å². The normalized spacial score (nSPS) is 10.6. The molecule has 0 N–H and O–H groups in total. The molecule has 0 radical (unpaired) electrons. The van der Waals surface area contributed by atoms with E-state index in [1.54, 1.807) is 0 Å². The first-order valence-electron chi connectivity index (χ1n) is 3.89. The van der Waals surface area contributed by atoms with Gasteiger partial charge in [-0.15, -0.1) is 13.2 Å². The Kier molecular flexibility index (Phi) is 3.46. The monoisotopic (exact) mass is 217 g/mol. The van der Waals surface area contributed by atoms with Gasteiger partial charge in [-0.3, -0.25) is 0 Å².